The Labute approximate surface area is 133 Å². The normalized spacial score (nSPS) is 10.9. The molecule has 2 aromatic heterocycles. The van der Waals surface area contributed by atoms with Crippen molar-refractivity contribution in [2.45, 2.75) is 13.5 Å². The number of H-pyrrole nitrogens is 1. The largest absolute Gasteiger partial charge is 0.347 e. The summed E-state index contributed by atoms with van der Waals surface area (Å²) in [4.78, 5) is 32.5. The second-order valence-corrected chi connectivity index (χ2v) is 5.77. The number of amides is 1. The molecule has 0 saturated carbocycles. The number of carbonyl (C=O) groups is 1. The molecule has 0 bridgehead atoms. The van der Waals surface area contributed by atoms with Gasteiger partial charge >= 0.3 is 5.69 Å². The molecule has 0 saturated heterocycles. The van der Waals surface area contributed by atoms with Gasteiger partial charge in [0, 0.05) is 25.9 Å². The molecule has 0 aliphatic rings. The molecular weight excluding hydrogens is 292 g/mol. The number of hydrogen-bond donors (Lipinski definition) is 1. The first kappa shape index (κ1) is 15.0. The van der Waals surface area contributed by atoms with Crippen LogP contribution in [-0.4, -0.2) is 39.4 Å². The van der Waals surface area contributed by atoms with Crippen LogP contribution in [0.3, 0.4) is 0 Å². The lowest BCUT2D eigenvalue weighted by Crippen LogP contribution is -2.30. The number of likely N-dealkylation sites (N-methyl/N-ethyl adjacent to an activating group) is 1. The first-order chi connectivity index (χ1) is 11.0. The Morgan fingerprint density at radius 2 is 2.04 bits per heavy atom. The number of pyridine rings is 1. The molecule has 3 rings (SSSR count). The Morgan fingerprint density at radius 1 is 1.26 bits per heavy atom. The first-order valence-electron chi connectivity index (χ1n) is 7.31. The third-order valence-electron chi connectivity index (χ3n) is 3.77. The van der Waals surface area contributed by atoms with Crippen LogP contribution in [0.4, 0.5) is 0 Å². The molecule has 3 aromatic rings. The van der Waals surface area contributed by atoms with Gasteiger partial charge in [0.15, 0.2) is 5.65 Å². The highest BCUT2D eigenvalue weighted by molar-refractivity contribution is 5.81. The zero-order valence-corrected chi connectivity index (χ0v) is 13.3. The molecule has 0 aliphatic carbocycles. The summed E-state index contributed by atoms with van der Waals surface area (Å²) in [6, 6.07) is 9.95. The van der Waals surface area contributed by atoms with E-state index in [1.807, 2.05) is 31.2 Å². The van der Waals surface area contributed by atoms with Gasteiger partial charge in [-0.1, -0.05) is 29.8 Å². The van der Waals surface area contributed by atoms with Crippen LogP contribution in [0.15, 0.2) is 41.3 Å². The van der Waals surface area contributed by atoms with Gasteiger partial charge in [0.25, 0.3) is 0 Å². The van der Waals surface area contributed by atoms with E-state index in [0.717, 1.165) is 16.7 Å². The first-order valence-corrected chi connectivity index (χ1v) is 7.31. The van der Waals surface area contributed by atoms with Gasteiger partial charge in [0.05, 0.1) is 5.52 Å². The summed E-state index contributed by atoms with van der Waals surface area (Å²) in [5.74, 6) is -0.144. The maximum absolute atomic E-state index is 12.1. The molecule has 0 spiro atoms. The minimum Gasteiger partial charge on any atom is -0.347 e. The van der Waals surface area contributed by atoms with E-state index in [9.17, 15) is 9.59 Å². The second-order valence-electron chi connectivity index (χ2n) is 5.77. The average molecular weight is 310 g/mol. The molecule has 2 heterocycles. The lowest BCUT2D eigenvalue weighted by atomic mass is 10.1. The quantitative estimate of drug-likeness (QED) is 0.801. The molecule has 118 valence electrons. The topological polar surface area (TPSA) is 71.0 Å². The van der Waals surface area contributed by atoms with E-state index in [1.54, 1.807) is 20.3 Å². The summed E-state index contributed by atoms with van der Waals surface area (Å²) in [6.45, 7) is 2.02. The number of aromatic nitrogens is 3. The fourth-order valence-electron chi connectivity index (χ4n) is 2.45. The van der Waals surface area contributed by atoms with Gasteiger partial charge in [0.2, 0.25) is 5.91 Å². The van der Waals surface area contributed by atoms with Gasteiger partial charge in [0.1, 0.15) is 6.54 Å². The van der Waals surface area contributed by atoms with Crippen LogP contribution < -0.4 is 5.69 Å². The highest BCUT2D eigenvalue weighted by atomic mass is 16.2. The molecule has 0 radical (unpaired) electrons. The highest BCUT2D eigenvalue weighted by Gasteiger charge is 2.13. The van der Waals surface area contributed by atoms with E-state index >= 15 is 0 Å². The second kappa shape index (κ2) is 5.72. The predicted octanol–water partition coefficient (Wildman–Crippen LogP) is 1.79. The number of benzene rings is 1. The molecule has 0 aliphatic heterocycles. The molecule has 6 nitrogen and oxygen atoms in total. The molecular formula is C17H18N4O2. The van der Waals surface area contributed by atoms with Crippen LogP contribution in [0.5, 0.6) is 0 Å². The maximum Gasteiger partial charge on any atom is 0.328 e. The Bertz CT molecular complexity index is 937. The number of imidazole rings is 1. The Morgan fingerprint density at radius 3 is 2.74 bits per heavy atom. The Hall–Kier alpha value is -2.89. The lowest BCUT2D eigenvalue weighted by Gasteiger charge is -2.10. The summed E-state index contributed by atoms with van der Waals surface area (Å²) in [7, 11) is 3.33. The lowest BCUT2D eigenvalue weighted by molar-refractivity contribution is -0.129. The van der Waals surface area contributed by atoms with Crippen molar-refractivity contribution in [3.05, 3.63) is 52.6 Å². The molecule has 0 fully saturated rings. The third-order valence-corrected chi connectivity index (χ3v) is 3.77. The molecule has 1 aromatic carbocycles. The zero-order chi connectivity index (χ0) is 16.6. The predicted molar refractivity (Wildman–Crippen MR) is 89.2 cm³/mol. The molecule has 0 unspecified atom stereocenters. The number of fused-ring (bicyclic) bond motifs is 1. The van der Waals surface area contributed by atoms with Crippen molar-refractivity contribution >= 4 is 17.1 Å². The van der Waals surface area contributed by atoms with Crippen LogP contribution in [0.25, 0.3) is 22.3 Å². The van der Waals surface area contributed by atoms with Crippen LogP contribution in [-0.2, 0) is 11.3 Å². The van der Waals surface area contributed by atoms with Crippen molar-refractivity contribution in [2.24, 2.45) is 0 Å². The van der Waals surface area contributed by atoms with E-state index in [1.165, 1.54) is 9.47 Å². The van der Waals surface area contributed by atoms with Crippen molar-refractivity contribution in [1.29, 1.82) is 0 Å². The van der Waals surface area contributed by atoms with Gasteiger partial charge < -0.3 is 4.90 Å². The molecule has 6 heteroatoms. The van der Waals surface area contributed by atoms with E-state index in [0.29, 0.717) is 11.2 Å². The number of nitrogens with one attached hydrogen (secondary N) is 1. The number of nitrogens with zero attached hydrogens (tertiary/aromatic N) is 3. The standard InChI is InChI=1S/C17H18N4O2/c1-11-5-4-6-12(7-11)13-8-14-16(18-9-13)19-17(23)21(14)10-15(22)20(2)3/h4-9H,10H2,1-3H3,(H,18,19,23). The van der Waals surface area contributed by atoms with Crippen molar-refractivity contribution < 1.29 is 4.79 Å². The minimum atomic E-state index is -0.330. The van der Waals surface area contributed by atoms with Crippen molar-refractivity contribution in [3.8, 4) is 11.1 Å². The number of hydrogen-bond acceptors (Lipinski definition) is 3. The minimum absolute atomic E-state index is 0.00914. The number of aromatic amines is 1. The van der Waals surface area contributed by atoms with E-state index in [-0.39, 0.29) is 18.1 Å². The van der Waals surface area contributed by atoms with Crippen molar-refractivity contribution in [1.82, 2.24) is 19.4 Å². The van der Waals surface area contributed by atoms with Gasteiger partial charge in [-0.3, -0.25) is 14.3 Å². The number of aryl methyl sites for hydroxylation is 1. The summed E-state index contributed by atoms with van der Waals surface area (Å²) in [5, 5.41) is 0. The van der Waals surface area contributed by atoms with Crippen molar-refractivity contribution in [3.63, 3.8) is 0 Å². The number of carbonyl (C=O) groups excluding carboxylic acids is 1. The smallest absolute Gasteiger partial charge is 0.328 e. The maximum atomic E-state index is 12.1. The average Bonchev–Trinajstić information content (AvgIpc) is 2.82. The molecule has 23 heavy (non-hydrogen) atoms. The van der Waals surface area contributed by atoms with Gasteiger partial charge in [-0.05, 0) is 18.6 Å². The van der Waals surface area contributed by atoms with E-state index in [4.69, 9.17) is 0 Å². The van der Waals surface area contributed by atoms with Crippen LogP contribution in [0.2, 0.25) is 0 Å². The summed E-state index contributed by atoms with van der Waals surface area (Å²) in [6.07, 6.45) is 1.73. The van der Waals surface area contributed by atoms with Crippen LogP contribution in [0, 0.1) is 6.92 Å². The van der Waals surface area contributed by atoms with E-state index < -0.39 is 0 Å². The monoisotopic (exact) mass is 310 g/mol. The van der Waals surface area contributed by atoms with Gasteiger partial charge in [-0.15, -0.1) is 0 Å². The Balaban J connectivity index is 2.11. The van der Waals surface area contributed by atoms with Crippen molar-refractivity contribution in [2.75, 3.05) is 14.1 Å². The highest BCUT2D eigenvalue weighted by Crippen LogP contribution is 2.22. The van der Waals surface area contributed by atoms with E-state index in [2.05, 4.69) is 16.0 Å². The molecule has 1 amide bonds. The summed E-state index contributed by atoms with van der Waals surface area (Å²) < 4.78 is 1.42. The Kier molecular flexibility index (Phi) is 3.73. The number of rotatable bonds is 3. The summed E-state index contributed by atoms with van der Waals surface area (Å²) >= 11 is 0. The zero-order valence-electron chi connectivity index (χ0n) is 13.3. The SMILES string of the molecule is Cc1cccc(-c2cnc3[nH]c(=O)n(CC(=O)N(C)C)c3c2)c1. The fourth-order valence-corrected chi connectivity index (χ4v) is 2.45. The summed E-state index contributed by atoms with van der Waals surface area (Å²) in [5.41, 5.74) is 3.87. The van der Waals surface area contributed by atoms with Gasteiger partial charge in [-0.2, -0.15) is 0 Å². The third kappa shape index (κ3) is 2.88. The molecule has 1 N–H and O–H groups in total. The van der Waals surface area contributed by atoms with Crippen LogP contribution in [0.1, 0.15) is 5.56 Å². The fraction of sp³-hybridized carbons (Fsp3) is 0.235. The molecule has 0 atom stereocenters. The van der Waals surface area contributed by atoms with Gasteiger partial charge in [-0.25, -0.2) is 9.78 Å². The van der Waals surface area contributed by atoms with Crippen LogP contribution >= 0.6 is 0 Å².